The van der Waals surface area contributed by atoms with E-state index in [1.54, 1.807) is 144 Å². The average molecular weight is 1860 g/mol. The van der Waals surface area contributed by atoms with Gasteiger partial charge in [-0.3, -0.25) is 76.7 Å². The summed E-state index contributed by atoms with van der Waals surface area (Å²) >= 11 is 9.97. The molecule has 0 radical (unpaired) electrons. The molecule has 16 amide bonds. The molecule has 0 aliphatic heterocycles. The Morgan fingerprint density at radius 2 is 0.602 bits per heavy atom. The van der Waals surface area contributed by atoms with Crippen molar-refractivity contribution < 1.29 is 107 Å². The second-order valence-electron chi connectivity index (χ2n) is 34.5. The number of nitrogens with one attached hydrogen (secondary N) is 16. The fourth-order valence-corrected chi connectivity index (χ4v) is 14.0. The van der Waals surface area contributed by atoms with Crippen molar-refractivity contribution in [2.45, 2.75) is 284 Å². The van der Waals surface area contributed by atoms with Gasteiger partial charge < -0.3 is 116 Å². The van der Waals surface area contributed by atoms with E-state index in [-0.39, 0.29) is 73.7 Å². The number of amides is 16. The summed E-state index contributed by atoms with van der Waals surface area (Å²) in [7, 11) is 0. The number of hydrogen-bond acceptors (Lipinski definition) is 25. The predicted octanol–water partition coefficient (Wildman–Crippen LogP) is -2.44. The van der Waals surface area contributed by atoms with Crippen molar-refractivity contribution >= 4 is 138 Å². The molecule has 23 N–H and O–H groups in total. The van der Waals surface area contributed by atoms with E-state index in [0.717, 1.165) is 6.92 Å². The number of aliphatic hydroxyl groups is 4. The fourth-order valence-electron chi connectivity index (χ4n) is 13.0. The van der Waals surface area contributed by atoms with E-state index in [0.29, 0.717) is 29.7 Å². The molecule has 2 rings (SSSR count). The number of hydrogen-bond donors (Lipinski definition) is 24. The van der Waals surface area contributed by atoms with Crippen LogP contribution in [0.3, 0.4) is 0 Å². The first-order valence-electron chi connectivity index (χ1n) is 43.2. The number of rotatable bonds is 58. The summed E-state index contributed by atoms with van der Waals surface area (Å²) in [6, 6.07) is -7.94. The monoisotopic (exact) mass is 1860 g/mol. The van der Waals surface area contributed by atoms with Gasteiger partial charge >= 0.3 is 5.97 Å². The minimum atomic E-state index is -1.77. The maximum absolute atomic E-state index is 14.9. The number of thioether (sulfide) groups is 1. The van der Waals surface area contributed by atoms with Gasteiger partial charge in [-0.25, -0.2) is 4.79 Å². The number of nitrogens with two attached hydrogens (primary N) is 1. The molecule has 2 aromatic carbocycles. The largest absolute Gasteiger partial charge is 0.480 e. The van der Waals surface area contributed by atoms with Gasteiger partial charge in [0.15, 0.2) is 6.04 Å². The molecule has 0 unspecified atom stereocenters. The van der Waals surface area contributed by atoms with Gasteiger partial charge in [0.1, 0.15) is 90.6 Å². The first-order valence-corrected chi connectivity index (χ1v) is 45.9. The fraction of sp³-hybridized carbons (Fsp3) is 0.663. The Morgan fingerprint density at radius 1 is 0.336 bits per heavy atom. The van der Waals surface area contributed by atoms with Crippen LogP contribution in [-0.4, -0.2) is 278 Å². The van der Waals surface area contributed by atoms with Crippen LogP contribution in [0.5, 0.6) is 0 Å². The average Bonchev–Trinajstić information content (AvgIpc) is 0.849. The third-order valence-corrected chi connectivity index (χ3v) is 21.9. The Morgan fingerprint density at radius 3 is 0.945 bits per heavy atom. The van der Waals surface area contributed by atoms with Gasteiger partial charge in [-0.2, -0.15) is 37.0 Å². The Labute approximate surface area is 765 Å². The van der Waals surface area contributed by atoms with Gasteiger partial charge in [-0.05, 0) is 117 Å². The molecule has 0 saturated heterocycles. The van der Waals surface area contributed by atoms with E-state index in [4.69, 9.17) is 5.73 Å². The number of carbonyl (C=O) groups is 17. The van der Waals surface area contributed by atoms with Crippen LogP contribution in [-0.2, 0) is 94.3 Å². The molecule has 39 nitrogen and oxygen atoms in total. The van der Waals surface area contributed by atoms with Crippen LogP contribution >= 0.6 is 37.0 Å². The molecule has 0 spiro atoms. The summed E-state index contributed by atoms with van der Waals surface area (Å²) in [6.07, 6.45) is -1.08. The van der Waals surface area contributed by atoms with Crippen LogP contribution in [0.25, 0.3) is 0 Å². The highest BCUT2D eigenvalue weighted by molar-refractivity contribution is 7.98. The van der Waals surface area contributed by atoms with Gasteiger partial charge in [-0.15, -0.1) is 0 Å². The number of aliphatic carboxylic acids is 1. The summed E-state index contributed by atoms with van der Waals surface area (Å²) in [5.41, 5.74) is 7.04. The highest BCUT2D eigenvalue weighted by atomic mass is 32.2. The molecule has 0 aromatic heterocycles. The van der Waals surface area contributed by atoms with Crippen molar-refractivity contribution in [2.24, 2.45) is 47.2 Å². The van der Waals surface area contributed by atoms with Gasteiger partial charge in [-0.1, -0.05) is 164 Å². The lowest BCUT2D eigenvalue weighted by molar-refractivity contribution is -0.145. The van der Waals surface area contributed by atoms with Gasteiger partial charge in [0.2, 0.25) is 94.5 Å². The van der Waals surface area contributed by atoms with E-state index in [2.05, 4.69) is 110 Å². The summed E-state index contributed by atoms with van der Waals surface area (Å²) in [5, 5.41) is 91.7. The highest BCUT2D eigenvalue weighted by Gasteiger charge is 2.41. The molecular formula is C86H141N17O22S3. The van der Waals surface area contributed by atoms with E-state index in [1.165, 1.54) is 39.5 Å². The van der Waals surface area contributed by atoms with Gasteiger partial charge in [0, 0.05) is 24.3 Å². The topological polar surface area (TPSA) is 610 Å². The maximum atomic E-state index is 14.9. The predicted molar refractivity (Wildman–Crippen MR) is 488 cm³/mol. The van der Waals surface area contributed by atoms with Crippen LogP contribution in [0.2, 0.25) is 0 Å². The van der Waals surface area contributed by atoms with Crippen LogP contribution < -0.4 is 90.8 Å². The molecule has 0 heterocycles. The van der Waals surface area contributed by atoms with E-state index in [9.17, 15) is 107 Å². The molecule has 0 bridgehead atoms. The molecule has 2 aromatic rings. The molecule has 0 aliphatic rings. The van der Waals surface area contributed by atoms with Crippen LogP contribution in [0.15, 0.2) is 60.7 Å². The number of thiol groups is 2. The summed E-state index contributed by atoms with van der Waals surface area (Å²) in [4.78, 5) is 237. The standard InChI is InChI=1S/C86H141N17O22S3/c1-19-48(14)67(101-70(108)49(15)88-72(110)55(32-42(2)3)89-74(112)58(35-45(8)9)93-82(120)65(46(10)11)99-79(117)62(39-105)96-85(123)68(50(16)106)102-81(119)64(41-127)97-71(109)54(87)30-31-128-18)84(122)94-60(37-53-28-24-21-25-29-53)76(114)91-56(33-43(4)5)73(111)90-57(34-44(6)7)75(113)98-63(40-126)80(118)92-59(36-52-26-22-20-23-27-52)77(115)95-61(38-104)78(116)100-66(47(12)13)83(121)103-69(51(17)107)86(124)125/h20-29,42-51,54-69,104-107,126-127H,19,30-41,87H2,1-18H3,(H,88,110)(H,89,112)(H,90,111)(H,91,114)(H,92,118)(H,93,120)(H,94,122)(H,95,115)(H,96,123)(H,97,109)(H,98,113)(H,99,117)(H,100,116)(H,101,108)(H,102,119)(H,103,121)(H,124,125)/t48-,49-,50+,51+,54-,55-,56-,57-,58-,59-,60-,61-,62-,63-,64-,65-,66-,67-,68-,69-/m0/s1. The highest BCUT2D eigenvalue weighted by Crippen LogP contribution is 2.18. The van der Waals surface area contributed by atoms with Crippen molar-refractivity contribution in [2.75, 3.05) is 36.7 Å². The second-order valence-corrected chi connectivity index (χ2v) is 36.2. The molecular weight excluding hydrogens is 1720 g/mol. The molecule has 128 heavy (non-hydrogen) atoms. The molecule has 0 aliphatic carbocycles. The lowest BCUT2D eigenvalue weighted by atomic mass is 9.96. The van der Waals surface area contributed by atoms with Crippen molar-refractivity contribution in [1.29, 1.82) is 0 Å². The molecule has 20 atom stereocenters. The zero-order valence-corrected chi connectivity index (χ0v) is 79.1. The molecule has 42 heteroatoms. The van der Waals surface area contributed by atoms with Crippen LogP contribution in [0, 0.1) is 41.4 Å². The Balaban J connectivity index is 2.45. The lowest BCUT2D eigenvalue weighted by Crippen LogP contribution is -2.63. The number of benzene rings is 2. The molecule has 720 valence electrons. The first-order chi connectivity index (χ1) is 60.0. The number of carboxylic acid groups (broad SMARTS) is 1. The van der Waals surface area contributed by atoms with Gasteiger partial charge in [0.05, 0.1) is 31.5 Å². The van der Waals surface area contributed by atoms with Crippen LogP contribution in [0.1, 0.15) is 167 Å². The van der Waals surface area contributed by atoms with Crippen molar-refractivity contribution in [1.82, 2.24) is 85.1 Å². The lowest BCUT2D eigenvalue weighted by Gasteiger charge is -2.30. The SMILES string of the molecule is CC[C@H](C)[C@H](NC(=O)[C@H](C)NC(=O)[C@H](CC(C)C)NC(=O)[C@H](CC(C)C)NC(=O)[C@@H](NC(=O)[C@H](CO)NC(=O)[C@@H](NC(=O)[C@H](CS)NC(=O)[C@@H](N)CCSC)[C@@H](C)O)C(C)C)C(=O)N[C@@H](Cc1ccccc1)C(=O)N[C@@H](CC(C)C)C(=O)N[C@@H](CC(C)C)C(=O)N[C@@H](CS)C(=O)N[C@@H](Cc1ccccc1)C(=O)N[C@@H](CO)C(=O)N[C@H](C(=O)N[C@H](C(=O)O)[C@@H](C)O)C(C)C. The second kappa shape index (κ2) is 58.0. The Kier molecular flexibility index (Phi) is 51.9. The van der Waals surface area contributed by atoms with Crippen molar-refractivity contribution in [3.8, 4) is 0 Å². The third kappa shape index (κ3) is 40.1. The Bertz CT molecular complexity index is 3970. The minimum absolute atomic E-state index is 0.00218. The first kappa shape index (κ1) is 114. The minimum Gasteiger partial charge on any atom is -0.480 e. The number of carboxylic acids is 1. The molecule has 0 saturated carbocycles. The summed E-state index contributed by atoms with van der Waals surface area (Å²) in [6.45, 7) is 25.3. The van der Waals surface area contributed by atoms with E-state index in [1.807, 2.05) is 6.26 Å². The normalized spacial score (nSPS) is 16.2. The quantitative estimate of drug-likeness (QED) is 0.0306. The van der Waals surface area contributed by atoms with Crippen molar-refractivity contribution in [3.63, 3.8) is 0 Å². The van der Waals surface area contributed by atoms with E-state index >= 15 is 0 Å². The smallest absolute Gasteiger partial charge is 0.328 e. The summed E-state index contributed by atoms with van der Waals surface area (Å²) < 4.78 is 0. The molecule has 0 fully saturated rings. The van der Waals surface area contributed by atoms with Crippen molar-refractivity contribution in [3.05, 3.63) is 71.8 Å². The number of aliphatic hydroxyl groups excluding tert-OH is 4. The zero-order valence-electron chi connectivity index (χ0n) is 76.5. The summed E-state index contributed by atoms with van der Waals surface area (Å²) in [5.74, 6) is -19.3. The Hall–Kier alpha value is -9.72. The maximum Gasteiger partial charge on any atom is 0.328 e. The van der Waals surface area contributed by atoms with E-state index < -0.39 is 246 Å². The van der Waals surface area contributed by atoms with Gasteiger partial charge in [0.25, 0.3) is 0 Å². The number of carbonyl (C=O) groups excluding carboxylic acids is 16. The third-order valence-electron chi connectivity index (χ3n) is 20.6. The zero-order chi connectivity index (χ0) is 97.3. The van der Waals surface area contributed by atoms with Crippen LogP contribution in [0.4, 0.5) is 0 Å².